The average Bonchev–Trinajstić information content (AvgIpc) is 3.30. The maximum Gasteiger partial charge on any atom is 0.237 e. The number of likely N-dealkylation sites (N-methyl/N-ethyl adjacent to an activating group) is 1. The monoisotopic (exact) mass is 437 g/mol. The lowest BCUT2D eigenvalue weighted by atomic mass is 9.87. The second-order valence-electron chi connectivity index (χ2n) is 8.15. The maximum absolute atomic E-state index is 15.1. The van der Waals surface area contributed by atoms with Gasteiger partial charge >= 0.3 is 0 Å². The minimum absolute atomic E-state index is 0.0651. The SMILES string of the molecule is CN1C(=O)C2(CC2)c2c(F)cc(NC3(c4c(F)ccc(Cl)c4Cl)CCNC3)cc21. The van der Waals surface area contributed by atoms with E-state index >= 15 is 4.39 Å². The van der Waals surface area contributed by atoms with E-state index in [9.17, 15) is 9.18 Å². The van der Waals surface area contributed by atoms with Crippen LogP contribution in [0.25, 0.3) is 0 Å². The third-order valence-electron chi connectivity index (χ3n) is 6.43. The van der Waals surface area contributed by atoms with Gasteiger partial charge in [0.15, 0.2) is 0 Å². The third kappa shape index (κ3) is 2.62. The van der Waals surface area contributed by atoms with E-state index in [2.05, 4.69) is 10.6 Å². The molecule has 29 heavy (non-hydrogen) atoms. The Hall–Kier alpha value is -1.89. The van der Waals surface area contributed by atoms with Gasteiger partial charge < -0.3 is 15.5 Å². The molecular formula is C21H19Cl2F2N3O. The van der Waals surface area contributed by atoms with Crippen LogP contribution in [0.1, 0.15) is 30.4 Å². The van der Waals surface area contributed by atoms with Crippen LogP contribution in [0.2, 0.25) is 10.0 Å². The van der Waals surface area contributed by atoms with Gasteiger partial charge in [-0.15, -0.1) is 0 Å². The van der Waals surface area contributed by atoms with Crippen molar-refractivity contribution in [2.45, 2.75) is 30.2 Å². The minimum atomic E-state index is -0.884. The summed E-state index contributed by atoms with van der Waals surface area (Å²) in [4.78, 5) is 14.1. The molecule has 1 unspecified atom stereocenters. The van der Waals surface area contributed by atoms with Gasteiger partial charge in [0.1, 0.15) is 11.6 Å². The van der Waals surface area contributed by atoms with Crippen molar-refractivity contribution in [3.05, 3.63) is 57.1 Å². The van der Waals surface area contributed by atoms with Crippen molar-refractivity contribution >= 4 is 40.5 Å². The molecule has 1 spiro atoms. The summed E-state index contributed by atoms with van der Waals surface area (Å²) in [6.45, 7) is 1.05. The van der Waals surface area contributed by atoms with Crippen molar-refractivity contribution in [2.24, 2.45) is 0 Å². The number of carbonyl (C=O) groups is 1. The maximum atomic E-state index is 15.1. The van der Waals surface area contributed by atoms with Gasteiger partial charge in [-0.05, 0) is 50.1 Å². The van der Waals surface area contributed by atoms with E-state index in [0.29, 0.717) is 49.3 Å². The normalized spacial score (nSPS) is 24.3. The van der Waals surface area contributed by atoms with Crippen molar-refractivity contribution in [3.8, 4) is 0 Å². The van der Waals surface area contributed by atoms with Crippen LogP contribution in [-0.4, -0.2) is 26.0 Å². The van der Waals surface area contributed by atoms with Gasteiger partial charge in [-0.2, -0.15) is 0 Å². The first kappa shape index (κ1) is 19.1. The summed E-state index contributed by atoms with van der Waals surface area (Å²) in [5, 5.41) is 6.94. The first-order valence-corrected chi connectivity index (χ1v) is 10.3. The van der Waals surface area contributed by atoms with Crippen molar-refractivity contribution in [1.82, 2.24) is 5.32 Å². The van der Waals surface area contributed by atoms with Crippen LogP contribution in [0.4, 0.5) is 20.2 Å². The Bertz CT molecular complexity index is 1050. The first-order chi connectivity index (χ1) is 13.8. The van der Waals surface area contributed by atoms with Crippen LogP contribution >= 0.6 is 23.2 Å². The molecule has 1 aliphatic carbocycles. The highest BCUT2D eigenvalue weighted by Crippen LogP contribution is 2.58. The Morgan fingerprint density at radius 2 is 1.86 bits per heavy atom. The largest absolute Gasteiger partial charge is 0.374 e. The molecule has 1 atom stereocenters. The fourth-order valence-electron chi connectivity index (χ4n) is 4.85. The average molecular weight is 438 g/mol. The third-order valence-corrected chi connectivity index (χ3v) is 7.24. The van der Waals surface area contributed by atoms with E-state index in [0.717, 1.165) is 0 Å². The number of halogens is 4. The molecule has 2 heterocycles. The number of benzene rings is 2. The topological polar surface area (TPSA) is 44.4 Å². The smallest absolute Gasteiger partial charge is 0.237 e. The Morgan fingerprint density at radius 1 is 1.10 bits per heavy atom. The van der Waals surface area contributed by atoms with Gasteiger partial charge in [-0.25, -0.2) is 8.78 Å². The standard InChI is InChI=1S/C21H19Cl2F2N3O/c1-28-15-9-11(8-14(25)16(15)20(4-5-20)19(28)29)27-21(6-7-26-10-21)17-13(24)3-2-12(22)18(17)23/h2-3,8-9,26-27H,4-7,10H2,1H3. The van der Waals surface area contributed by atoms with Gasteiger partial charge in [0.25, 0.3) is 0 Å². The molecular weight excluding hydrogens is 419 g/mol. The number of fused-ring (bicyclic) bond motifs is 2. The number of nitrogens with one attached hydrogen (secondary N) is 2. The van der Waals surface area contributed by atoms with Gasteiger partial charge in [0, 0.05) is 30.4 Å². The molecule has 2 aromatic rings. The number of carbonyl (C=O) groups excluding carboxylic acids is 1. The summed E-state index contributed by atoms with van der Waals surface area (Å²) in [6.07, 6.45) is 1.88. The molecule has 2 N–H and O–H groups in total. The van der Waals surface area contributed by atoms with E-state index in [1.54, 1.807) is 13.1 Å². The molecule has 5 rings (SSSR count). The molecule has 8 heteroatoms. The molecule has 2 fully saturated rings. The highest BCUT2D eigenvalue weighted by molar-refractivity contribution is 6.42. The summed E-state index contributed by atoms with van der Waals surface area (Å²) >= 11 is 12.5. The molecule has 0 aromatic heterocycles. The zero-order valence-electron chi connectivity index (χ0n) is 15.7. The Balaban J connectivity index is 1.60. The van der Waals surface area contributed by atoms with E-state index in [4.69, 9.17) is 23.2 Å². The van der Waals surface area contributed by atoms with Crippen LogP contribution in [0, 0.1) is 11.6 Å². The lowest BCUT2D eigenvalue weighted by molar-refractivity contribution is -0.119. The molecule has 0 bridgehead atoms. The minimum Gasteiger partial charge on any atom is -0.374 e. The summed E-state index contributed by atoms with van der Waals surface area (Å²) in [5.74, 6) is -0.954. The number of hydrogen-bond donors (Lipinski definition) is 2. The van der Waals surface area contributed by atoms with E-state index < -0.39 is 22.6 Å². The molecule has 1 amide bonds. The second kappa shape index (κ2) is 6.30. The number of rotatable bonds is 3. The zero-order chi connectivity index (χ0) is 20.6. The second-order valence-corrected chi connectivity index (χ2v) is 8.94. The highest BCUT2D eigenvalue weighted by atomic mass is 35.5. The predicted octanol–water partition coefficient (Wildman–Crippen LogP) is 4.58. The molecule has 1 saturated heterocycles. The molecule has 0 radical (unpaired) electrons. The van der Waals surface area contributed by atoms with Crippen molar-refractivity contribution in [3.63, 3.8) is 0 Å². The predicted molar refractivity (Wildman–Crippen MR) is 110 cm³/mol. The summed E-state index contributed by atoms with van der Waals surface area (Å²) in [7, 11) is 1.66. The molecule has 2 aromatic carbocycles. The molecule has 1 saturated carbocycles. The van der Waals surface area contributed by atoms with Gasteiger partial charge in [0.2, 0.25) is 5.91 Å². The zero-order valence-corrected chi connectivity index (χ0v) is 17.2. The highest BCUT2D eigenvalue weighted by Gasteiger charge is 2.60. The van der Waals surface area contributed by atoms with Gasteiger partial charge in [-0.3, -0.25) is 4.79 Å². The fraction of sp³-hybridized carbons (Fsp3) is 0.381. The summed E-state index contributed by atoms with van der Waals surface area (Å²) in [5.41, 5.74) is 0.195. The van der Waals surface area contributed by atoms with E-state index in [-0.39, 0.29) is 21.5 Å². The quantitative estimate of drug-likeness (QED) is 0.690. The fourth-order valence-corrected chi connectivity index (χ4v) is 5.34. The van der Waals surface area contributed by atoms with E-state index in [1.165, 1.54) is 23.1 Å². The number of anilines is 2. The lowest BCUT2D eigenvalue weighted by Gasteiger charge is -2.33. The number of amides is 1. The van der Waals surface area contributed by atoms with Crippen molar-refractivity contribution in [1.29, 1.82) is 0 Å². The number of hydrogen-bond acceptors (Lipinski definition) is 3. The van der Waals surface area contributed by atoms with Gasteiger partial charge in [-0.1, -0.05) is 23.2 Å². The molecule has 4 nitrogen and oxygen atoms in total. The van der Waals surface area contributed by atoms with E-state index in [1.807, 2.05) is 0 Å². The number of nitrogens with zero attached hydrogens (tertiary/aromatic N) is 1. The van der Waals surface area contributed by atoms with Crippen LogP contribution in [0.3, 0.4) is 0 Å². The Labute approximate surface area is 177 Å². The Kier molecular flexibility index (Phi) is 4.15. The van der Waals surface area contributed by atoms with Crippen LogP contribution in [0.15, 0.2) is 24.3 Å². The molecule has 3 aliphatic rings. The Morgan fingerprint density at radius 3 is 2.52 bits per heavy atom. The van der Waals surface area contributed by atoms with Gasteiger partial charge in [0.05, 0.1) is 26.7 Å². The molecule has 2 aliphatic heterocycles. The van der Waals surface area contributed by atoms with Crippen molar-refractivity contribution < 1.29 is 13.6 Å². The van der Waals surface area contributed by atoms with Crippen molar-refractivity contribution in [2.75, 3.05) is 30.4 Å². The summed E-state index contributed by atoms with van der Waals surface area (Å²) in [6, 6.07) is 5.86. The first-order valence-electron chi connectivity index (χ1n) is 9.54. The van der Waals surface area contributed by atoms with Crippen LogP contribution < -0.4 is 15.5 Å². The lowest BCUT2D eigenvalue weighted by Crippen LogP contribution is -2.39. The summed E-state index contributed by atoms with van der Waals surface area (Å²) < 4.78 is 29.9. The molecule has 152 valence electrons. The van der Waals surface area contributed by atoms with Crippen LogP contribution in [-0.2, 0) is 15.7 Å². The van der Waals surface area contributed by atoms with Crippen LogP contribution in [0.5, 0.6) is 0 Å².